The highest BCUT2D eigenvalue weighted by atomic mass is 32.2. The number of benzene rings is 1. The summed E-state index contributed by atoms with van der Waals surface area (Å²) in [6.45, 7) is 3.00. The first kappa shape index (κ1) is 11.5. The van der Waals surface area contributed by atoms with Crippen molar-refractivity contribution >= 4 is 17.9 Å². The average molecular weight is 236 g/mol. The summed E-state index contributed by atoms with van der Waals surface area (Å²) in [7, 11) is 0. The molecule has 2 rings (SSSR count). The Hall–Kier alpha value is -1.00. The highest BCUT2D eigenvalue weighted by Gasteiger charge is 2.21. The van der Waals surface area contributed by atoms with E-state index in [1.165, 1.54) is 17.5 Å². The smallest absolute Gasteiger partial charge is 0.247 e. The lowest BCUT2D eigenvalue weighted by Gasteiger charge is -2.11. The van der Waals surface area contributed by atoms with Crippen LogP contribution in [-0.2, 0) is 4.79 Å². The first-order valence-electron chi connectivity index (χ1n) is 5.53. The van der Waals surface area contributed by atoms with E-state index in [1.807, 2.05) is 31.2 Å². The zero-order valence-corrected chi connectivity index (χ0v) is 10.1. The minimum atomic E-state index is -0.00322. The number of carbonyl (C=O) groups is 1. The Kier molecular flexibility index (Phi) is 3.85. The van der Waals surface area contributed by atoms with Crippen molar-refractivity contribution in [3.8, 4) is 0 Å². The molecule has 1 aromatic carbocycles. The molecule has 2 N–H and O–H groups in total. The third-order valence-corrected chi connectivity index (χ3v) is 3.71. The molecule has 1 heterocycles. The molecule has 0 bridgehead atoms. The molecule has 1 aliphatic heterocycles. The Morgan fingerprint density at radius 3 is 3.00 bits per heavy atom. The van der Waals surface area contributed by atoms with E-state index in [-0.39, 0.29) is 11.9 Å². The molecule has 0 aliphatic carbocycles. The Morgan fingerprint density at radius 1 is 1.50 bits per heavy atom. The lowest BCUT2D eigenvalue weighted by atomic mass is 10.2. The van der Waals surface area contributed by atoms with Crippen molar-refractivity contribution in [2.45, 2.75) is 30.7 Å². The van der Waals surface area contributed by atoms with Gasteiger partial charge in [-0.05, 0) is 49.9 Å². The zero-order valence-electron chi connectivity index (χ0n) is 9.32. The number of nitrogens with one attached hydrogen (secondary N) is 2. The van der Waals surface area contributed by atoms with Crippen molar-refractivity contribution < 1.29 is 4.79 Å². The molecule has 1 atom stereocenters. The van der Waals surface area contributed by atoms with Crippen LogP contribution < -0.4 is 10.0 Å². The minimum absolute atomic E-state index is 0.00322. The third kappa shape index (κ3) is 2.77. The molecule has 0 unspecified atom stereocenters. The molecule has 1 aliphatic rings. The monoisotopic (exact) mass is 236 g/mol. The largest absolute Gasteiger partial charge is 0.306 e. The van der Waals surface area contributed by atoms with Crippen LogP contribution in [0.5, 0.6) is 0 Å². The van der Waals surface area contributed by atoms with Gasteiger partial charge in [0.05, 0.1) is 6.04 Å². The molecule has 0 saturated carbocycles. The maximum atomic E-state index is 11.7. The fraction of sp³-hybridized carbons (Fsp3) is 0.417. The van der Waals surface area contributed by atoms with Gasteiger partial charge in [-0.1, -0.05) is 18.2 Å². The minimum Gasteiger partial charge on any atom is -0.306 e. The summed E-state index contributed by atoms with van der Waals surface area (Å²) >= 11 is 1.40. The van der Waals surface area contributed by atoms with Crippen LogP contribution in [0.4, 0.5) is 0 Å². The van der Waals surface area contributed by atoms with Gasteiger partial charge < -0.3 is 5.32 Å². The number of hydrogen-bond acceptors (Lipinski definition) is 3. The molecular weight excluding hydrogens is 220 g/mol. The maximum Gasteiger partial charge on any atom is 0.247 e. The third-order valence-electron chi connectivity index (χ3n) is 2.73. The van der Waals surface area contributed by atoms with Gasteiger partial charge in [-0.25, -0.2) is 0 Å². The van der Waals surface area contributed by atoms with Gasteiger partial charge in [0, 0.05) is 4.90 Å². The highest BCUT2D eigenvalue weighted by molar-refractivity contribution is 7.98. The van der Waals surface area contributed by atoms with Gasteiger partial charge in [0.15, 0.2) is 0 Å². The van der Waals surface area contributed by atoms with E-state index in [2.05, 4.69) is 10.0 Å². The number of hydrogen-bond donors (Lipinski definition) is 2. The van der Waals surface area contributed by atoms with Gasteiger partial charge in [-0.2, -0.15) is 0 Å². The normalized spacial score (nSPS) is 19.7. The average Bonchev–Trinajstić information content (AvgIpc) is 2.81. The molecule has 1 saturated heterocycles. The van der Waals surface area contributed by atoms with Crippen LogP contribution in [0.1, 0.15) is 18.4 Å². The standard InChI is InChI=1S/C12H16N2OS/c1-9-5-2-3-7-11(9)16-14-12(15)10-6-4-8-13-10/h2-3,5,7,10,13H,4,6,8H2,1H3,(H,14,15)/t10-/m0/s1. The van der Waals surface area contributed by atoms with Gasteiger partial charge in [-0.3, -0.25) is 9.52 Å². The SMILES string of the molecule is Cc1ccccc1SNC(=O)[C@@H]1CCCN1. The first-order chi connectivity index (χ1) is 7.77. The van der Waals surface area contributed by atoms with Crippen molar-refractivity contribution in [1.82, 2.24) is 10.0 Å². The summed E-state index contributed by atoms with van der Waals surface area (Å²) in [5.74, 6) is 0.0887. The molecule has 16 heavy (non-hydrogen) atoms. The van der Waals surface area contributed by atoms with Gasteiger partial charge in [0.25, 0.3) is 0 Å². The van der Waals surface area contributed by atoms with E-state index in [4.69, 9.17) is 0 Å². The van der Waals surface area contributed by atoms with Crippen LogP contribution in [0.15, 0.2) is 29.2 Å². The predicted molar refractivity (Wildman–Crippen MR) is 66.2 cm³/mol. The number of carbonyl (C=O) groups excluding carboxylic acids is 1. The zero-order chi connectivity index (χ0) is 11.4. The fourth-order valence-corrected chi connectivity index (χ4v) is 2.48. The highest BCUT2D eigenvalue weighted by Crippen LogP contribution is 2.19. The van der Waals surface area contributed by atoms with Crippen LogP contribution in [0.2, 0.25) is 0 Å². The Morgan fingerprint density at radius 2 is 2.31 bits per heavy atom. The van der Waals surface area contributed by atoms with E-state index in [9.17, 15) is 4.79 Å². The van der Waals surface area contributed by atoms with E-state index >= 15 is 0 Å². The van der Waals surface area contributed by atoms with Gasteiger partial charge in [-0.15, -0.1) is 0 Å². The first-order valence-corrected chi connectivity index (χ1v) is 6.35. The van der Waals surface area contributed by atoms with Crippen molar-refractivity contribution in [2.24, 2.45) is 0 Å². The summed E-state index contributed by atoms with van der Waals surface area (Å²) in [5, 5.41) is 3.18. The lowest BCUT2D eigenvalue weighted by Crippen LogP contribution is -2.37. The summed E-state index contributed by atoms with van der Waals surface area (Å²) in [4.78, 5) is 12.8. The van der Waals surface area contributed by atoms with Crippen molar-refractivity contribution in [1.29, 1.82) is 0 Å². The van der Waals surface area contributed by atoms with E-state index in [0.29, 0.717) is 0 Å². The van der Waals surface area contributed by atoms with Gasteiger partial charge in [0.2, 0.25) is 5.91 Å². The van der Waals surface area contributed by atoms with Crippen molar-refractivity contribution in [2.75, 3.05) is 6.54 Å². The molecule has 0 spiro atoms. The number of amides is 1. The van der Waals surface area contributed by atoms with Crippen LogP contribution in [-0.4, -0.2) is 18.5 Å². The molecular formula is C12H16N2OS. The van der Waals surface area contributed by atoms with E-state index in [0.717, 1.165) is 24.3 Å². The van der Waals surface area contributed by atoms with Crippen molar-refractivity contribution in [3.63, 3.8) is 0 Å². The summed E-state index contributed by atoms with van der Waals surface area (Å²) < 4.78 is 2.90. The van der Waals surface area contributed by atoms with Crippen LogP contribution in [0.3, 0.4) is 0 Å². The molecule has 1 amide bonds. The molecule has 1 fully saturated rings. The van der Waals surface area contributed by atoms with E-state index < -0.39 is 0 Å². The van der Waals surface area contributed by atoms with Gasteiger partial charge in [0.1, 0.15) is 0 Å². The van der Waals surface area contributed by atoms with Crippen LogP contribution in [0, 0.1) is 6.92 Å². The quantitative estimate of drug-likeness (QED) is 0.787. The number of rotatable bonds is 3. The number of aryl methyl sites for hydroxylation is 1. The Balaban J connectivity index is 1.87. The second-order valence-corrected chi connectivity index (χ2v) is 4.83. The molecule has 4 heteroatoms. The molecule has 0 aromatic heterocycles. The van der Waals surface area contributed by atoms with Crippen LogP contribution in [0.25, 0.3) is 0 Å². The fourth-order valence-electron chi connectivity index (χ4n) is 1.76. The second-order valence-electron chi connectivity index (χ2n) is 3.98. The molecule has 0 radical (unpaired) electrons. The predicted octanol–water partition coefficient (Wildman–Crippen LogP) is 1.87. The second kappa shape index (κ2) is 5.37. The van der Waals surface area contributed by atoms with Crippen molar-refractivity contribution in [3.05, 3.63) is 29.8 Å². The van der Waals surface area contributed by atoms with Gasteiger partial charge >= 0.3 is 0 Å². The Bertz CT molecular complexity index is 375. The molecule has 86 valence electrons. The Labute approximate surface area is 100 Å². The summed E-state index contributed by atoms with van der Waals surface area (Å²) in [6.07, 6.45) is 2.04. The topological polar surface area (TPSA) is 41.1 Å². The lowest BCUT2D eigenvalue weighted by molar-refractivity contribution is -0.120. The maximum absolute atomic E-state index is 11.7. The summed E-state index contributed by atoms with van der Waals surface area (Å²) in [5.41, 5.74) is 1.19. The van der Waals surface area contributed by atoms with Crippen LogP contribution >= 0.6 is 11.9 Å². The molecule has 1 aromatic rings. The summed E-state index contributed by atoms with van der Waals surface area (Å²) in [6, 6.07) is 8.04. The van der Waals surface area contributed by atoms with E-state index in [1.54, 1.807) is 0 Å². The molecule has 3 nitrogen and oxygen atoms in total.